The van der Waals surface area contributed by atoms with Gasteiger partial charge >= 0.3 is 5.97 Å². The van der Waals surface area contributed by atoms with Crippen molar-refractivity contribution in [1.82, 2.24) is 14.4 Å². The zero-order valence-corrected chi connectivity index (χ0v) is 10.9. The number of fused-ring (bicyclic) bond motifs is 1. The van der Waals surface area contributed by atoms with Crippen LogP contribution in [0.1, 0.15) is 11.3 Å². The minimum atomic E-state index is -0.884. The van der Waals surface area contributed by atoms with E-state index in [0.29, 0.717) is 17.1 Å². The van der Waals surface area contributed by atoms with Crippen molar-refractivity contribution in [3.05, 3.63) is 54.0 Å². The summed E-state index contributed by atoms with van der Waals surface area (Å²) in [6.45, 7) is 1.95. The molecule has 3 heterocycles. The van der Waals surface area contributed by atoms with E-state index in [1.165, 1.54) is 0 Å². The van der Waals surface area contributed by atoms with Gasteiger partial charge in [-0.2, -0.15) is 0 Å². The number of hydrogen-bond donors (Lipinski definition) is 1. The lowest BCUT2D eigenvalue weighted by atomic mass is 10.2. The number of hydrogen-bond acceptors (Lipinski definition) is 3. The van der Waals surface area contributed by atoms with Gasteiger partial charge in [0.1, 0.15) is 11.3 Å². The van der Waals surface area contributed by atoms with E-state index in [4.69, 9.17) is 5.11 Å². The highest BCUT2D eigenvalue weighted by molar-refractivity contribution is 5.75. The highest BCUT2D eigenvalue weighted by atomic mass is 16.4. The number of nitrogens with zero attached hydrogens (tertiary/aromatic N) is 3. The van der Waals surface area contributed by atoms with Gasteiger partial charge in [-0.3, -0.25) is 9.78 Å². The van der Waals surface area contributed by atoms with E-state index < -0.39 is 5.97 Å². The van der Waals surface area contributed by atoms with Gasteiger partial charge in [0.25, 0.3) is 0 Å². The van der Waals surface area contributed by atoms with Crippen molar-refractivity contribution >= 4 is 11.6 Å². The predicted molar refractivity (Wildman–Crippen MR) is 74.5 cm³/mol. The normalized spacial score (nSPS) is 10.8. The van der Waals surface area contributed by atoms with Crippen LogP contribution in [0.25, 0.3) is 17.0 Å². The molecule has 0 amide bonds. The summed E-state index contributed by atoms with van der Waals surface area (Å²) in [7, 11) is 0. The van der Waals surface area contributed by atoms with Crippen LogP contribution in [0.5, 0.6) is 0 Å². The van der Waals surface area contributed by atoms with Crippen LogP contribution in [0.15, 0.2) is 42.7 Å². The molecule has 100 valence electrons. The Balaban J connectivity index is 2.30. The summed E-state index contributed by atoms with van der Waals surface area (Å²) in [6.07, 6.45) is 3.42. The summed E-state index contributed by atoms with van der Waals surface area (Å²) >= 11 is 0. The number of pyridine rings is 2. The maximum absolute atomic E-state index is 11.1. The first-order valence-corrected chi connectivity index (χ1v) is 6.26. The lowest BCUT2D eigenvalue weighted by molar-refractivity contribution is -0.136. The van der Waals surface area contributed by atoms with Crippen molar-refractivity contribution in [3.8, 4) is 11.4 Å². The van der Waals surface area contributed by atoms with E-state index in [9.17, 15) is 4.79 Å². The van der Waals surface area contributed by atoms with E-state index in [0.717, 1.165) is 11.2 Å². The molecule has 0 fully saturated rings. The summed E-state index contributed by atoms with van der Waals surface area (Å²) in [5.74, 6) is -0.884. The summed E-state index contributed by atoms with van der Waals surface area (Å²) in [5, 5.41) is 9.12. The van der Waals surface area contributed by atoms with E-state index in [1.54, 1.807) is 6.20 Å². The fourth-order valence-electron chi connectivity index (χ4n) is 2.27. The molecule has 0 aliphatic rings. The molecule has 5 heteroatoms. The Kier molecular flexibility index (Phi) is 2.95. The summed E-state index contributed by atoms with van der Waals surface area (Å²) < 4.78 is 1.83. The Morgan fingerprint density at radius 2 is 2.15 bits per heavy atom. The van der Waals surface area contributed by atoms with E-state index in [-0.39, 0.29) is 6.42 Å². The smallest absolute Gasteiger partial charge is 0.309 e. The second-order valence-electron chi connectivity index (χ2n) is 4.58. The molecule has 0 aliphatic carbocycles. The van der Waals surface area contributed by atoms with E-state index >= 15 is 0 Å². The van der Waals surface area contributed by atoms with Crippen LogP contribution in [0.4, 0.5) is 0 Å². The lowest BCUT2D eigenvalue weighted by Gasteiger charge is -2.02. The second-order valence-corrected chi connectivity index (χ2v) is 4.58. The van der Waals surface area contributed by atoms with Crippen molar-refractivity contribution in [2.45, 2.75) is 13.3 Å². The predicted octanol–water partition coefficient (Wildman–Crippen LogP) is 2.33. The highest BCUT2D eigenvalue weighted by Gasteiger charge is 2.17. The van der Waals surface area contributed by atoms with E-state index in [2.05, 4.69) is 9.97 Å². The Morgan fingerprint density at radius 1 is 1.30 bits per heavy atom. The van der Waals surface area contributed by atoms with Crippen molar-refractivity contribution < 1.29 is 9.90 Å². The van der Waals surface area contributed by atoms with Crippen LogP contribution in [-0.2, 0) is 11.2 Å². The first-order valence-electron chi connectivity index (χ1n) is 6.26. The van der Waals surface area contributed by atoms with Crippen LogP contribution in [-0.4, -0.2) is 25.4 Å². The number of aromatic nitrogens is 3. The van der Waals surface area contributed by atoms with Crippen LogP contribution >= 0.6 is 0 Å². The molecule has 5 nitrogen and oxygen atoms in total. The summed E-state index contributed by atoms with van der Waals surface area (Å²) in [5.41, 5.74) is 3.73. The van der Waals surface area contributed by atoms with Gasteiger partial charge in [0.05, 0.1) is 17.8 Å². The monoisotopic (exact) mass is 267 g/mol. The fourth-order valence-corrected chi connectivity index (χ4v) is 2.27. The third-order valence-electron chi connectivity index (χ3n) is 3.17. The SMILES string of the molecule is Cc1cccn2c(CC(=O)O)c(-c3ccccn3)nc12. The first-order chi connectivity index (χ1) is 9.66. The zero-order valence-electron chi connectivity index (χ0n) is 10.9. The van der Waals surface area contributed by atoms with Crippen molar-refractivity contribution in [3.63, 3.8) is 0 Å². The third kappa shape index (κ3) is 2.03. The average molecular weight is 267 g/mol. The van der Waals surface area contributed by atoms with Crippen LogP contribution in [0.3, 0.4) is 0 Å². The summed E-state index contributed by atoms with van der Waals surface area (Å²) in [6, 6.07) is 9.36. The number of carbonyl (C=O) groups is 1. The molecule has 0 aromatic carbocycles. The number of carboxylic acid groups (broad SMARTS) is 1. The molecule has 0 saturated carbocycles. The van der Waals surface area contributed by atoms with Gasteiger partial charge in [0, 0.05) is 12.4 Å². The zero-order chi connectivity index (χ0) is 14.1. The van der Waals surface area contributed by atoms with Crippen molar-refractivity contribution in [1.29, 1.82) is 0 Å². The molecule has 0 unspecified atom stereocenters. The topological polar surface area (TPSA) is 67.5 Å². The third-order valence-corrected chi connectivity index (χ3v) is 3.17. The number of aryl methyl sites for hydroxylation is 1. The molecular weight excluding hydrogens is 254 g/mol. The van der Waals surface area contributed by atoms with Gasteiger partial charge in [-0.15, -0.1) is 0 Å². The van der Waals surface area contributed by atoms with Crippen LogP contribution < -0.4 is 0 Å². The minimum Gasteiger partial charge on any atom is -0.481 e. The molecular formula is C15H13N3O2. The van der Waals surface area contributed by atoms with Gasteiger partial charge in [-0.25, -0.2) is 4.98 Å². The molecule has 0 bridgehead atoms. The molecule has 3 aromatic rings. The first kappa shape index (κ1) is 12.3. The van der Waals surface area contributed by atoms with Gasteiger partial charge in [0.2, 0.25) is 0 Å². The number of rotatable bonds is 3. The van der Waals surface area contributed by atoms with Gasteiger partial charge < -0.3 is 9.51 Å². The molecule has 0 radical (unpaired) electrons. The van der Waals surface area contributed by atoms with Crippen molar-refractivity contribution in [2.24, 2.45) is 0 Å². The molecule has 0 aliphatic heterocycles. The molecule has 1 N–H and O–H groups in total. The van der Waals surface area contributed by atoms with Crippen LogP contribution in [0.2, 0.25) is 0 Å². The van der Waals surface area contributed by atoms with Gasteiger partial charge in [-0.1, -0.05) is 12.1 Å². The summed E-state index contributed by atoms with van der Waals surface area (Å²) in [4.78, 5) is 20.0. The molecule has 0 saturated heterocycles. The minimum absolute atomic E-state index is 0.0868. The average Bonchev–Trinajstić information content (AvgIpc) is 2.80. The largest absolute Gasteiger partial charge is 0.481 e. The maximum atomic E-state index is 11.1. The van der Waals surface area contributed by atoms with Gasteiger partial charge in [0.15, 0.2) is 0 Å². The Morgan fingerprint density at radius 3 is 2.85 bits per heavy atom. The Labute approximate surface area is 115 Å². The fraction of sp³-hybridized carbons (Fsp3) is 0.133. The quantitative estimate of drug-likeness (QED) is 0.790. The van der Waals surface area contributed by atoms with E-state index in [1.807, 2.05) is 47.9 Å². The molecule has 0 spiro atoms. The Bertz CT molecular complexity index is 778. The molecule has 3 rings (SSSR count). The maximum Gasteiger partial charge on any atom is 0.309 e. The highest BCUT2D eigenvalue weighted by Crippen LogP contribution is 2.24. The second kappa shape index (κ2) is 4.77. The molecule has 3 aromatic heterocycles. The lowest BCUT2D eigenvalue weighted by Crippen LogP contribution is -2.05. The standard InChI is InChI=1S/C15H13N3O2/c1-10-5-4-8-18-12(9-13(19)20)14(17-15(10)18)11-6-2-3-7-16-11/h2-8H,9H2,1H3,(H,19,20). The number of imidazole rings is 1. The van der Waals surface area contributed by atoms with Crippen molar-refractivity contribution in [2.75, 3.05) is 0 Å². The molecule has 0 atom stereocenters. The number of carboxylic acids is 1. The van der Waals surface area contributed by atoms with Gasteiger partial charge in [-0.05, 0) is 30.7 Å². The van der Waals surface area contributed by atoms with Crippen LogP contribution in [0, 0.1) is 6.92 Å². The number of aliphatic carboxylic acids is 1. The Hall–Kier alpha value is -2.69. The molecule has 20 heavy (non-hydrogen) atoms.